The molecule has 0 radical (unpaired) electrons. The van der Waals surface area contributed by atoms with Gasteiger partial charge in [-0.15, -0.1) is 10.2 Å². The number of hydrogen-bond acceptors (Lipinski definition) is 4. The van der Waals surface area contributed by atoms with Crippen LogP contribution in [0.4, 0.5) is 20.6 Å². The monoisotopic (exact) mass is 423 g/mol. The fourth-order valence-electron chi connectivity index (χ4n) is 2.59. The highest BCUT2D eigenvalue weighted by Crippen LogP contribution is 2.22. The van der Waals surface area contributed by atoms with Crippen LogP contribution in [-0.2, 0) is 0 Å². The van der Waals surface area contributed by atoms with Crippen molar-refractivity contribution in [2.45, 2.75) is 0 Å². The van der Waals surface area contributed by atoms with E-state index < -0.39 is 11.8 Å². The molecule has 0 spiro atoms. The molecule has 0 atom stereocenters. The van der Waals surface area contributed by atoms with Gasteiger partial charge in [0, 0.05) is 29.8 Å². The summed E-state index contributed by atoms with van der Waals surface area (Å²) in [6.07, 6.45) is 3.74. The Morgan fingerprint density at radius 1 is 0.933 bits per heavy atom. The molecular formula is C21H15ClFN5O2. The van der Waals surface area contributed by atoms with Gasteiger partial charge in [0.05, 0.1) is 5.02 Å². The molecule has 4 rings (SSSR count). The Morgan fingerprint density at radius 3 is 2.30 bits per heavy atom. The summed E-state index contributed by atoms with van der Waals surface area (Å²) in [6.45, 7) is 0. The van der Waals surface area contributed by atoms with E-state index >= 15 is 0 Å². The number of nitrogens with zero attached hydrogens (tertiary/aromatic N) is 3. The molecule has 30 heavy (non-hydrogen) atoms. The summed E-state index contributed by atoms with van der Waals surface area (Å²) < 4.78 is 20.7. The van der Waals surface area contributed by atoms with Crippen molar-refractivity contribution in [1.29, 1.82) is 0 Å². The molecule has 4 aromatic rings. The van der Waals surface area contributed by atoms with Crippen molar-refractivity contribution in [1.82, 2.24) is 14.8 Å². The molecule has 7 nitrogen and oxygen atoms in total. The van der Waals surface area contributed by atoms with Gasteiger partial charge in [-0.3, -0.25) is 0 Å². The molecule has 150 valence electrons. The highest BCUT2D eigenvalue weighted by atomic mass is 35.5. The van der Waals surface area contributed by atoms with Crippen molar-refractivity contribution in [2.24, 2.45) is 0 Å². The third-order valence-corrected chi connectivity index (χ3v) is 4.30. The summed E-state index contributed by atoms with van der Waals surface area (Å²) >= 11 is 5.70. The summed E-state index contributed by atoms with van der Waals surface area (Å²) in [5, 5.41) is 13.3. The van der Waals surface area contributed by atoms with Gasteiger partial charge in [0.1, 0.15) is 11.6 Å². The molecule has 2 amide bonds. The van der Waals surface area contributed by atoms with Gasteiger partial charge in [-0.05, 0) is 60.7 Å². The van der Waals surface area contributed by atoms with Gasteiger partial charge in [0.15, 0.2) is 5.82 Å². The highest BCUT2D eigenvalue weighted by Gasteiger charge is 2.07. The number of halogens is 2. The Balaban J connectivity index is 1.34. The van der Waals surface area contributed by atoms with E-state index in [1.54, 1.807) is 36.4 Å². The number of anilines is 2. The molecule has 0 aliphatic carbocycles. The van der Waals surface area contributed by atoms with E-state index in [4.69, 9.17) is 16.3 Å². The fraction of sp³-hybridized carbons (Fsp3) is 0. The molecule has 2 aromatic carbocycles. The first-order chi connectivity index (χ1) is 14.6. The van der Waals surface area contributed by atoms with E-state index in [0.717, 1.165) is 0 Å². The number of ether oxygens (including phenoxy) is 1. The molecule has 0 saturated carbocycles. The van der Waals surface area contributed by atoms with Crippen LogP contribution in [0.5, 0.6) is 11.6 Å². The van der Waals surface area contributed by atoms with Gasteiger partial charge < -0.3 is 19.9 Å². The second-order valence-corrected chi connectivity index (χ2v) is 6.56. The van der Waals surface area contributed by atoms with Gasteiger partial charge in [-0.2, -0.15) is 0 Å². The van der Waals surface area contributed by atoms with Crippen molar-refractivity contribution in [2.75, 3.05) is 10.6 Å². The van der Waals surface area contributed by atoms with Crippen LogP contribution < -0.4 is 15.4 Å². The third-order valence-electron chi connectivity index (χ3n) is 4.01. The normalized spacial score (nSPS) is 10.5. The van der Waals surface area contributed by atoms with Crippen LogP contribution in [0.3, 0.4) is 0 Å². The molecular weight excluding hydrogens is 409 g/mol. The van der Waals surface area contributed by atoms with E-state index in [2.05, 4.69) is 20.8 Å². The first kappa shape index (κ1) is 19.4. The lowest BCUT2D eigenvalue weighted by Crippen LogP contribution is -2.19. The molecule has 9 heteroatoms. The summed E-state index contributed by atoms with van der Waals surface area (Å²) in [5.41, 5.74) is 0.919. The number of rotatable bonds is 5. The molecule has 0 saturated heterocycles. The predicted octanol–water partition coefficient (Wildman–Crippen LogP) is 5.50. The van der Waals surface area contributed by atoms with Crippen molar-refractivity contribution in [3.05, 3.63) is 90.0 Å². The van der Waals surface area contributed by atoms with Gasteiger partial charge in [-0.1, -0.05) is 11.6 Å². The number of hydrogen-bond donors (Lipinski definition) is 2. The minimum absolute atomic E-state index is 0.0706. The van der Waals surface area contributed by atoms with E-state index in [1.807, 2.05) is 29.1 Å². The SMILES string of the molecule is O=C(Nc1ccc(Oc2ccc(-n3cccc3)nn2)cc1)Nc1ccc(F)c(Cl)c1. The van der Waals surface area contributed by atoms with Crippen molar-refractivity contribution < 1.29 is 13.9 Å². The Hall–Kier alpha value is -3.91. The average Bonchev–Trinajstić information content (AvgIpc) is 3.28. The first-order valence-corrected chi connectivity index (χ1v) is 9.23. The lowest BCUT2D eigenvalue weighted by Gasteiger charge is -2.09. The number of aromatic nitrogens is 3. The van der Waals surface area contributed by atoms with Crippen LogP contribution in [0.2, 0.25) is 5.02 Å². The maximum Gasteiger partial charge on any atom is 0.323 e. The summed E-state index contributed by atoms with van der Waals surface area (Å²) in [7, 11) is 0. The largest absolute Gasteiger partial charge is 0.438 e. The van der Waals surface area contributed by atoms with Gasteiger partial charge in [0.25, 0.3) is 0 Å². The summed E-state index contributed by atoms with van der Waals surface area (Å²) in [4.78, 5) is 12.1. The standard InChI is InChI=1S/C21H15ClFN5O2/c22-17-13-15(5-8-18(17)23)25-21(29)24-14-3-6-16(7-4-14)30-20-10-9-19(26-27-20)28-11-1-2-12-28/h1-13H,(H2,24,25,29). The van der Waals surface area contributed by atoms with Crippen LogP contribution in [-0.4, -0.2) is 20.8 Å². The number of carbonyl (C=O) groups excluding carboxylic acids is 1. The Kier molecular flexibility index (Phi) is 5.58. The van der Waals surface area contributed by atoms with Gasteiger partial charge in [-0.25, -0.2) is 9.18 Å². The second-order valence-electron chi connectivity index (χ2n) is 6.15. The van der Waals surface area contributed by atoms with Crippen LogP contribution >= 0.6 is 11.6 Å². The zero-order chi connectivity index (χ0) is 20.9. The van der Waals surface area contributed by atoms with Crippen molar-refractivity contribution in [3.8, 4) is 17.4 Å². The van der Waals surface area contributed by atoms with Crippen LogP contribution in [0.15, 0.2) is 79.1 Å². The molecule has 0 fully saturated rings. The molecule has 2 N–H and O–H groups in total. The number of benzene rings is 2. The zero-order valence-corrected chi connectivity index (χ0v) is 16.2. The molecule has 2 heterocycles. The summed E-state index contributed by atoms with van der Waals surface area (Å²) in [5.74, 6) is 1.01. The maximum atomic E-state index is 13.2. The molecule has 0 aliphatic rings. The lowest BCUT2D eigenvalue weighted by molar-refractivity contribution is 0.262. The number of nitrogens with one attached hydrogen (secondary N) is 2. The summed E-state index contributed by atoms with van der Waals surface area (Å²) in [6, 6.07) is 17.5. The smallest absolute Gasteiger partial charge is 0.323 e. The fourth-order valence-corrected chi connectivity index (χ4v) is 2.77. The molecule has 0 bridgehead atoms. The topological polar surface area (TPSA) is 81.1 Å². The van der Waals surface area contributed by atoms with Crippen molar-refractivity contribution in [3.63, 3.8) is 0 Å². The quantitative estimate of drug-likeness (QED) is 0.444. The van der Waals surface area contributed by atoms with E-state index in [0.29, 0.717) is 28.8 Å². The highest BCUT2D eigenvalue weighted by molar-refractivity contribution is 6.31. The Morgan fingerprint density at radius 2 is 1.63 bits per heavy atom. The van der Waals surface area contributed by atoms with E-state index in [-0.39, 0.29) is 5.02 Å². The van der Waals surface area contributed by atoms with Gasteiger partial charge in [0.2, 0.25) is 5.88 Å². The average molecular weight is 424 g/mol. The number of amides is 2. The predicted molar refractivity (Wildman–Crippen MR) is 112 cm³/mol. The van der Waals surface area contributed by atoms with Crippen LogP contribution in [0.1, 0.15) is 0 Å². The minimum atomic E-state index is -0.553. The number of carbonyl (C=O) groups is 1. The second kappa shape index (κ2) is 8.62. The molecule has 2 aromatic heterocycles. The van der Waals surface area contributed by atoms with Crippen LogP contribution in [0, 0.1) is 5.82 Å². The van der Waals surface area contributed by atoms with E-state index in [1.165, 1.54) is 18.2 Å². The Bertz CT molecular complexity index is 1150. The third kappa shape index (κ3) is 4.73. The van der Waals surface area contributed by atoms with E-state index in [9.17, 15) is 9.18 Å². The zero-order valence-electron chi connectivity index (χ0n) is 15.4. The molecule has 0 unspecified atom stereocenters. The van der Waals surface area contributed by atoms with Crippen LogP contribution in [0.25, 0.3) is 5.82 Å². The lowest BCUT2D eigenvalue weighted by atomic mass is 10.3. The first-order valence-electron chi connectivity index (χ1n) is 8.85. The van der Waals surface area contributed by atoms with Crippen molar-refractivity contribution >= 4 is 29.0 Å². The maximum absolute atomic E-state index is 13.2. The number of urea groups is 1. The molecule has 0 aliphatic heterocycles. The minimum Gasteiger partial charge on any atom is -0.438 e. The Labute approximate surface area is 176 Å². The van der Waals surface area contributed by atoms with Gasteiger partial charge >= 0.3 is 6.03 Å².